The van der Waals surface area contributed by atoms with E-state index >= 15 is 0 Å². The van der Waals surface area contributed by atoms with E-state index in [0.717, 1.165) is 83.7 Å². The van der Waals surface area contributed by atoms with E-state index in [4.69, 9.17) is 22.8 Å². The van der Waals surface area contributed by atoms with Gasteiger partial charge in [-0.05, 0) is 108 Å². The maximum absolute atomic E-state index is 7.29. The van der Waals surface area contributed by atoms with Crippen molar-refractivity contribution in [3.63, 3.8) is 0 Å². The molecule has 0 fully saturated rings. The molecule has 0 aliphatic rings. The lowest BCUT2D eigenvalue weighted by molar-refractivity contribution is 0.0590. The normalized spacial score (nSPS) is 13.2. The summed E-state index contributed by atoms with van der Waals surface area (Å²) in [5, 5.41) is 4.35. The van der Waals surface area contributed by atoms with Crippen LogP contribution in [0, 0.1) is 37.5 Å². The third-order valence-corrected chi connectivity index (χ3v) is 16.7. The molecule has 0 radical (unpaired) electrons. The minimum absolute atomic E-state index is 0.192. The number of fused-ring (bicyclic) bond motifs is 2. The molecule has 0 amide bonds. The highest BCUT2D eigenvalue weighted by Gasteiger charge is 2.40. The molecule has 0 aliphatic heterocycles. The number of hydrogen-bond acceptors (Lipinski definition) is 5. The van der Waals surface area contributed by atoms with Crippen LogP contribution in [0.1, 0.15) is 139 Å². The fourth-order valence-corrected chi connectivity index (χ4v) is 9.37. The molecule has 6 aromatic carbocycles. The first-order chi connectivity index (χ1) is 30.4. The minimum atomic E-state index is -0.461. The Labute approximate surface area is 395 Å². The average molecular weight is 915 g/mol. The maximum Gasteiger partial charge on any atom is 0.275 e. The molecule has 0 bridgehead atoms. The summed E-state index contributed by atoms with van der Waals surface area (Å²) in [7, 11) is -0.660. The molecule has 2 unspecified atom stereocenters. The zero-order chi connectivity index (χ0) is 47.8. The number of hydrogen-bond donors (Lipinski definition) is 0. The van der Waals surface area contributed by atoms with Gasteiger partial charge in [0, 0.05) is 38.6 Å². The Hall–Kier alpha value is -4.30. The van der Waals surface area contributed by atoms with Gasteiger partial charge < -0.3 is 22.8 Å². The van der Waals surface area contributed by atoms with Gasteiger partial charge >= 0.3 is 0 Å². The predicted molar refractivity (Wildman–Crippen MR) is 282 cm³/mol. The van der Waals surface area contributed by atoms with Gasteiger partial charge in [0.15, 0.2) is 0 Å². The highest BCUT2D eigenvalue weighted by atomic mass is 31.1. The molecule has 0 N–H and O–H groups in total. The molecular weight excluding hydrogens is 839 g/mol. The van der Waals surface area contributed by atoms with E-state index in [0.29, 0.717) is 5.92 Å². The SMILES string of the molecule is Cc1c(OC(C)(C)C(C)C)cc(C(C)(C)C(C)C)c(OPOc2cccc3ccccc23)c1-c1c(C)c(C(C)(C)C(C)C)cc(C(C)(C)C(C)C)c1OPOc1cccc2ccccc12. The van der Waals surface area contributed by atoms with Gasteiger partial charge in [-0.15, -0.1) is 0 Å². The summed E-state index contributed by atoms with van der Waals surface area (Å²) in [5.41, 5.74) is 6.31. The highest BCUT2D eigenvalue weighted by Crippen LogP contribution is 2.57. The van der Waals surface area contributed by atoms with Crippen molar-refractivity contribution in [2.24, 2.45) is 23.7 Å². The monoisotopic (exact) mass is 915 g/mol. The van der Waals surface area contributed by atoms with Crippen LogP contribution in [0.4, 0.5) is 0 Å². The molecule has 0 saturated heterocycles. The van der Waals surface area contributed by atoms with Crippen molar-refractivity contribution in [2.75, 3.05) is 0 Å². The second kappa shape index (κ2) is 19.5. The quantitative estimate of drug-likeness (QED) is 0.0804. The molecule has 0 aliphatic carbocycles. The van der Waals surface area contributed by atoms with E-state index < -0.39 is 5.60 Å². The van der Waals surface area contributed by atoms with Gasteiger partial charge in [-0.2, -0.15) is 0 Å². The van der Waals surface area contributed by atoms with Gasteiger partial charge in [-0.25, -0.2) is 0 Å². The predicted octanol–water partition coefficient (Wildman–Crippen LogP) is 17.8. The van der Waals surface area contributed by atoms with Crippen LogP contribution in [0.25, 0.3) is 32.7 Å². The van der Waals surface area contributed by atoms with Gasteiger partial charge in [0.2, 0.25) is 0 Å². The minimum Gasteiger partial charge on any atom is -0.487 e. The van der Waals surface area contributed by atoms with Gasteiger partial charge in [0.25, 0.3) is 18.1 Å². The Morgan fingerprint density at radius 2 is 0.785 bits per heavy atom. The van der Waals surface area contributed by atoms with Gasteiger partial charge in [0.1, 0.15) is 34.3 Å². The molecule has 7 heteroatoms. The Morgan fingerprint density at radius 1 is 0.400 bits per heavy atom. The van der Waals surface area contributed by atoms with Crippen LogP contribution in [0.5, 0.6) is 28.7 Å². The third-order valence-electron chi connectivity index (χ3n) is 15.5. The Balaban J connectivity index is 1.71. The van der Waals surface area contributed by atoms with Crippen molar-refractivity contribution in [2.45, 2.75) is 146 Å². The van der Waals surface area contributed by atoms with Crippen LogP contribution in [-0.2, 0) is 16.2 Å². The fourth-order valence-electron chi connectivity index (χ4n) is 8.16. The smallest absolute Gasteiger partial charge is 0.275 e. The first-order valence-corrected chi connectivity index (χ1v) is 25.2. The van der Waals surface area contributed by atoms with E-state index in [1.807, 2.05) is 24.3 Å². The lowest BCUT2D eigenvalue weighted by atomic mass is 9.67. The lowest BCUT2D eigenvalue weighted by Crippen LogP contribution is -2.35. The molecular formula is C58H76O5P2. The van der Waals surface area contributed by atoms with Crippen LogP contribution >= 0.6 is 18.1 Å². The van der Waals surface area contributed by atoms with Crippen molar-refractivity contribution >= 4 is 39.6 Å². The molecule has 6 rings (SSSR count). The topological polar surface area (TPSA) is 46.2 Å². The van der Waals surface area contributed by atoms with E-state index in [-0.39, 0.29) is 52.1 Å². The molecule has 0 saturated carbocycles. The summed E-state index contributed by atoms with van der Waals surface area (Å²) < 4.78 is 35.1. The summed E-state index contributed by atoms with van der Waals surface area (Å²) in [6.45, 7) is 41.2. The van der Waals surface area contributed by atoms with Gasteiger partial charge in [0.05, 0.1) is 0 Å². The Kier molecular flexibility index (Phi) is 15.0. The van der Waals surface area contributed by atoms with Crippen molar-refractivity contribution in [3.05, 3.63) is 125 Å². The van der Waals surface area contributed by atoms with Crippen LogP contribution in [0.2, 0.25) is 0 Å². The standard InChI is InChI=1S/C58H76O5P2/c1-35(2)55(11,12)45-33-46(56(13,14)36(3)4)53(62-64-60-48-31-23-27-41-25-19-21-29-43(41)48)51(39(45)9)52-40(10)50(59-58(17,18)38(7)8)34-47(57(15,16)37(5)6)54(52)63-65-61-49-32-24-28-42-26-20-22-30-44(42)49/h19-38,64-65H,1-18H3. The molecule has 0 aromatic heterocycles. The Bertz CT molecular complexity index is 2620. The van der Waals surface area contributed by atoms with Crippen LogP contribution in [0.3, 0.4) is 0 Å². The Morgan fingerprint density at radius 3 is 1.22 bits per heavy atom. The van der Waals surface area contributed by atoms with Crippen LogP contribution in [-0.4, -0.2) is 5.60 Å². The van der Waals surface area contributed by atoms with E-state index in [1.54, 1.807) is 0 Å². The van der Waals surface area contributed by atoms with E-state index in [9.17, 15) is 0 Å². The second-order valence-electron chi connectivity index (χ2n) is 21.6. The molecule has 6 aromatic rings. The number of ether oxygens (including phenoxy) is 1. The number of benzene rings is 6. The maximum atomic E-state index is 7.29. The molecule has 65 heavy (non-hydrogen) atoms. The summed E-state index contributed by atoms with van der Waals surface area (Å²) >= 11 is 0. The van der Waals surface area contributed by atoms with Gasteiger partial charge in [-0.1, -0.05) is 176 Å². The summed E-state index contributed by atoms with van der Waals surface area (Å²) in [5.74, 6) is 5.14. The average Bonchev–Trinajstić information content (AvgIpc) is 3.24. The second-order valence-corrected chi connectivity index (χ2v) is 22.7. The van der Waals surface area contributed by atoms with Crippen molar-refractivity contribution in [1.82, 2.24) is 0 Å². The van der Waals surface area contributed by atoms with Crippen molar-refractivity contribution in [1.29, 1.82) is 0 Å². The highest BCUT2D eigenvalue weighted by molar-refractivity contribution is 7.27. The first kappa shape index (κ1) is 50.1. The summed E-state index contributed by atoms with van der Waals surface area (Å²) in [4.78, 5) is 0. The summed E-state index contributed by atoms with van der Waals surface area (Å²) in [6, 6.07) is 33.8. The van der Waals surface area contributed by atoms with Gasteiger partial charge in [-0.3, -0.25) is 0 Å². The third kappa shape index (κ3) is 10.0. The van der Waals surface area contributed by atoms with Crippen LogP contribution < -0.4 is 22.8 Å². The van der Waals surface area contributed by atoms with Crippen molar-refractivity contribution in [3.8, 4) is 39.9 Å². The first-order valence-electron chi connectivity index (χ1n) is 23.6. The lowest BCUT2D eigenvalue weighted by Gasteiger charge is -2.39. The zero-order valence-corrected chi connectivity index (χ0v) is 44.6. The fraction of sp³-hybridized carbons (Fsp3) is 0.448. The van der Waals surface area contributed by atoms with Crippen molar-refractivity contribution < 1.29 is 22.8 Å². The zero-order valence-electron chi connectivity index (χ0n) is 42.6. The molecule has 2 atom stereocenters. The summed E-state index contributed by atoms with van der Waals surface area (Å²) in [6.07, 6.45) is 0. The van der Waals surface area contributed by atoms with Crippen LogP contribution in [0.15, 0.2) is 97.1 Å². The van der Waals surface area contributed by atoms with E-state index in [1.165, 1.54) is 5.56 Å². The molecule has 0 spiro atoms. The van der Waals surface area contributed by atoms with E-state index in [2.05, 4.69) is 197 Å². The molecule has 0 heterocycles. The molecule has 5 nitrogen and oxygen atoms in total. The largest absolute Gasteiger partial charge is 0.487 e. The number of rotatable bonds is 18. The molecule has 348 valence electrons.